The van der Waals surface area contributed by atoms with Crippen LogP contribution in [-0.2, 0) is 22.9 Å². The van der Waals surface area contributed by atoms with Crippen LogP contribution in [0.1, 0.15) is 22.6 Å². The van der Waals surface area contributed by atoms with Gasteiger partial charge in [-0.1, -0.05) is 0 Å². The Morgan fingerprint density at radius 3 is 2.95 bits per heavy atom. The number of nitrogens with two attached hydrogens (primary N) is 1. The van der Waals surface area contributed by atoms with Gasteiger partial charge in [0.05, 0.1) is 10.6 Å². The maximum absolute atomic E-state index is 13.3. The first kappa shape index (κ1) is 15.4. The highest BCUT2D eigenvalue weighted by atomic mass is 32.2. The number of halogens is 1. The molecule has 0 spiro atoms. The van der Waals surface area contributed by atoms with Gasteiger partial charge < -0.3 is 5.73 Å². The van der Waals surface area contributed by atoms with E-state index in [0.717, 1.165) is 10.6 Å². The molecule has 1 aliphatic rings. The molecule has 0 fully saturated rings. The Labute approximate surface area is 132 Å². The highest BCUT2D eigenvalue weighted by Crippen LogP contribution is 2.28. The van der Waals surface area contributed by atoms with Gasteiger partial charge in [-0.05, 0) is 43.5 Å². The van der Waals surface area contributed by atoms with Crippen molar-refractivity contribution in [2.45, 2.75) is 37.1 Å². The summed E-state index contributed by atoms with van der Waals surface area (Å²) < 4.78 is 40.8. The largest absolute Gasteiger partial charge is 0.375 e. The van der Waals surface area contributed by atoms with E-state index in [1.807, 2.05) is 0 Å². The lowest BCUT2D eigenvalue weighted by Crippen LogP contribution is -2.38. The fraction of sp³-hybridized carbons (Fsp3) is 0.357. The lowest BCUT2D eigenvalue weighted by Gasteiger charge is -2.22. The highest BCUT2D eigenvalue weighted by Gasteiger charge is 2.26. The van der Waals surface area contributed by atoms with Gasteiger partial charge in [0.2, 0.25) is 10.0 Å². The zero-order valence-corrected chi connectivity index (χ0v) is 13.6. The van der Waals surface area contributed by atoms with Gasteiger partial charge >= 0.3 is 0 Å². The van der Waals surface area contributed by atoms with Crippen LogP contribution in [0, 0.1) is 12.7 Å². The minimum atomic E-state index is -3.66. The average molecular weight is 341 g/mol. The van der Waals surface area contributed by atoms with Gasteiger partial charge in [-0.3, -0.25) is 0 Å². The van der Waals surface area contributed by atoms with E-state index in [2.05, 4.69) is 9.71 Å². The van der Waals surface area contributed by atoms with Crippen molar-refractivity contribution in [1.82, 2.24) is 9.71 Å². The monoisotopic (exact) mass is 341 g/mol. The smallest absolute Gasteiger partial charge is 0.240 e. The van der Waals surface area contributed by atoms with Gasteiger partial charge in [-0.15, -0.1) is 11.3 Å². The zero-order chi connectivity index (χ0) is 15.9. The fourth-order valence-corrected chi connectivity index (χ4v) is 4.88. The quantitative estimate of drug-likeness (QED) is 0.894. The number of fused-ring (bicyclic) bond motifs is 1. The van der Waals surface area contributed by atoms with Gasteiger partial charge in [0.25, 0.3) is 0 Å². The summed E-state index contributed by atoms with van der Waals surface area (Å²) in [7, 11) is -3.66. The number of rotatable bonds is 3. The van der Waals surface area contributed by atoms with Crippen molar-refractivity contribution in [2.24, 2.45) is 0 Å². The predicted molar refractivity (Wildman–Crippen MR) is 83.8 cm³/mol. The summed E-state index contributed by atoms with van der Waals surface area (Å²) in [6.45, 7) is 1.54. The SMILES string of the molecule is Cc1cc(S(=O)(=O)NC2CCc3nc(N)sc3C2)ccc1F. The molecule has 118 valence electrons. The molecule has 0 saturated carbocycles. The summed E-state index contributed by atoms with van der Waals surface area (Å²) in [4.78, 5) is 5.36. The number of nitrogens with one attached hydrogen (secondary N) is 1. The minimum Gasteiger partial charge on any atom is -0.375 e. The third kappa shape index (κ3) is 2.99. The first-order valence-corrected chi connectivity index (χ1v) is 9.17. The number of hydrogen-bond acceptors (Lipinski definition) is 5. The van der Waals surface area contributed by atoms with Crippen LogP contribution in [0.5, 0.6) is 0 Å². The minimum absolute atomic E-state index is 0.0843. The Morgan fingerprint density at radius 1 is 1.45 bits per heavy atom. The molecule has 3 rings (SSSR count). The lowest BCUT2D eigenvalue weighted by atomic mass is 9.99. The van der Waals surface area contributed by atoms with Crippen molar-refractivity contribution < 1.29 is 12.8 Å². The van der Waals surface area contributed by atoms with Crippen LogP contribution in [0.15, 0.2) is 23.1 Å². The van der Waals surface area contributed by atoms with Gasteiger partial charge in [0, 0.05) is 17.3 Å². The predicted octanol–water partition coefficient (Wildman–Crippen LogP) is 2.01. The van der Waals surface area contributed by atoms with Crippen LogP contribution in [0.4, 0.5) is 9.52 Å². The Bertz CT molecular complexity index is 817. The normalized spacial score (nSPS) is 18.2. The molecule has 22 heavy (non-hydrogen) atoms. The molecular weight excluding hydrogens is 325 g/mol. The van der Waals surface area contributed by atoms with Crippen LogP contribution in [0.25, 0.3) is 0 Å². The molecule has 1 heterocycles. The molecule has 1 atom stereocenters. The number of anilines is 1. The summed E-state index contributed by atoms with van der Waals surface area (Å²) in [5.41, 5.74) is 6.96. The van der Waals surface area contributed by atoms with E-state index in [1.54, 1.807) is 6.92 Å². The molecule has 1 aliphatic carbocycles. The van der Waals surface area contributed by atoms with E-state index >= 15 is 0 Å². The summed E-state index contributed by atoms with van der Waals surface area (Å²) in [6.07, 6.45) is 1.97. The molecule has 8 heteroatoms. The van der Waals surface area contributed by atoms with Crippen molar-refractivity contribution >= 4 is 26.5 Å². The number of nitrogen functional groups attached to an aromatic ring is 1. The van der Waals surface area contributed by atoms with Gasteiger partial charge in [0.15, 0.2) is 5.13 Å². The molecule has 5 nitrogen and oxygen atoms in total. The number of thiazole rings is 1. The topological polar surface area (TPSA) is 85.1 Å². The molecule has 0 radical (unpaired) electrons. The molecule has 0 aliphatic heterocycles. The Hall–Kier alpha value is -1.51. The number of aromatic nitrogens is 1. The van der Waals surface area contributed by atoms with Crippen molar-refractivity contribution in [3.8, 4) is 0 Å². The molecule has 0 bridgehead atoms. The van der Waals surface area contributed by atoms with E-state index in [1.165, 1.54) is 29.5 Å². The molecular formula is C14H16FN3O2S2. The molecule has 1 aromatic carbocycles. The Kier molecular flexibility index (Phi) is 3.92. The van der Waals surface area contributed by atoms with Crippen LogP contribution >= 0.6 is 11.3 Å². The fourth-order valence-electron chi connectivity index (χ4n) is 2.57. The molecule has 0 amide bonds. The number of nitrogens with zero attached hydrogens (tertiary/aromatic N) is 1. The van der Waals surface area contributed by atoms with E-state index in [-0.39, 0.29) is 10.9 Å². The van der Waals surface area contributed by atoms with Crippen LogP contribution in [0.3, 0.4) is 0 Å². The highest BCUT2D eigenvalue weighted by molar-refractivity contribution is 7.89. The van der Waals surface area contributed by atoms with Gasteiger partial charge in [-0.2, -0.15) is 0 Å². The zero-order valence-electron chi connectivity index (χ0n) is 12.0. The number of aryl methyl sites for hydroxylation is 2. The maximum atomic E-state index is 13.3. The molecule has 2 aromatic rings. The van der Waals surface area contributed by atoms with Gasteiger partial charge in [-0.25, -0.2) is 22.5 Å². The first-order chi connectivity index (χ1) is 10.3. The van der Waals surface area contributed by atoms with E-state index in [9.17, 15) is 12.8 Å². The van der Waals surface area contributed by atoms with E-state index in [4.69, 9.17) is 5.73 Å². The third-order valence-corrected chi connectivity index (χ3v) is 6.19. The summed E-state index contributed by atoms with van der Waals surface area (Å²) in [5.74, 6) is -0.415. The van der Waals surface area contributed by atoms with E-state index in [0.29, 0.717) is 30.0 Å². The third-order valence-electron chi connectivity index (χ3n) is 3.72. The standard InChI is InChI=1S/C14H16FN3O2S2/c1-8-6-10(3-4-11(8)15)22(19,20)18-9-2-5-12-13(7-9)21-14(16)17-12/h3-4,6,9,18H,2,5,7H2,1H3,(H2,16,17). The summed E-state index contributed by atoms with van der Waals surface area (Å²) >= 11 is 1.40. The first-order valence-electron chi connectivity index (χ1n) is 6.88. The molecule has 3 N–H and O–H groups in total. The van der Waals surface area contributed by atoms with Crippen molar-refractivity contribution in [3.05, 3.63) is 40.2 Å². The lowest BCUT2D eigenvalue weighted by molar-refractivity contribution is 0.507. The number of hydrogen-bond donors (Lipinski definition) is 2. The second-order valence-electron chi connectivity index (χ2n) is 5.39. The summed E-state index contributed by atoms with van der Waals surface area (Å²) in [5, 5.41) is 0.516. The molecule has 0 saturated heterocycles. The summed E-state index contributed by atoms with van der Waals surface area (Å²) in [6, 6.07) is 3.61. The van der Waals surface area contributed by atoms with Gasteiger partial charge in [0.1, 0.15) is 5.82 Å². The van der Waals surface area contributed by atoms with Crippen LogP contribution < -0.4 is 10.5 Å². The Morgan fingerprint density at radius 2 is 2.23 bits per heavy atom. The second-order valence-corrected chi connectivity index (χ2v) is 8.22. The Balaban J connectivity index is 1.79. The maximum Gasteiger partial charge on any atom is 0.240 e. The average Bonchev–Trinajstić information content (AvgIpc) is 2.80. The molecule has 1 unspecified atom stereocenters. The number of sulfonamides is 1. The van der Waals surface area contributed by atoms with Crippen LogP contribution in [-0.4, -0.2) is 19.4 Å². The van der Waals surface area contributed by atoms with Crippen molar-refractivity contribution in [3.63, 3.8) is 0 Å². The van der Waals surface area contributed by atoms with E-state index < -0.39 is 15.8 Å². The number of benzene rings is 1. The molecule has 1 aromatic heterocycles. The van der Waals surface area contributed by atoms with Crippen LogP contribution in [0.2, 0.25) is 0 Å². The van der Waals surface area contributed by atoms with Crippen molar-refractivity contribution in [2.75, 3.05) is 5.73 Å². The van der Waals surface area contributed by atoms with Crippen molar-refractivity contribution in [1.29, 1.82) is 0 Å². The second kappa shape index (κ2) is 5.60.